The molecule has 292 valence electrons. The zero-order valence-electron chi connectivity index (χ0n) is 32.8. The zero-order chi connectivity index (χ0) is 40.5. The van der Waals surface area contributed by atoms with Crippen molar-refractivity contribution in [3.05, 3.63) is 119 Å². The van der Waals surface area contributed by atoms with Gasteiger partial charge in [0.25, 0.3) is 0 Å². The number of aromatic nitrogens is 6. The van der Waals surface area contributed by atoms with Crippen LogP contribution in [0.15, 0.2) is 73.3 Å². The lowest BCUT2D eigenvalue weighted by molar-refractivity contribution is 0.0695. The van der Waals surface area contributed by atoms with Crippen LogP contribution in [0.5, 0.6) is 0 Å². The highest BCUT2D eigenvalue weighted by molar-refractivity contribution is 6.00. The van der Waals surface area contributed by atoms with Crippen molar-refractivity contribution in [1.29, 1.82) is 0 Å². The third-order valence-electron chi connectivity index (χ3n) is 10.4. The van der Waals surface area contributed by atoms with Gasteiger partial charge >= 0.3 is 5.97 Å². The first-order chi connectivity index (χ1) is 27.4. The molecule has 6 heterocycles. The first-order valence-corrected chi connectivity index (χ1v) is 18.9. The number of pyridine rings is 2. The molecule has 0 spiro atoms. The standard InChI is InChI=1S/C22H21FN4O2.C22H23FN4O/c1-12(2)18-17(22(28)29)16(13-4-6-14(23)7-5-13)15-8-11-27(3)21-20(19(15)26-18)24-9-10-25-21;1-13(2)19-17(12-28)18(14-4-6-15(23)7-5-14)16-8-11-27(3)22-21(20(16)26-19)24-9-10-25-22/h4-7,9-10,12H,8,11H2,1-3H3,(H,28,29);4-7,9-10,13,28H,8,11-12H2,1-3H3. The first kappa shape index (κ1) is 39.0. The lowest BCUT2D eigenvalue weighted by Crippen LogP contribution is -2.20. The van der Waals surface area contributed by atoms with E-state index >= 15 is 0 Å². The molecular weight excluding hydrogens is 727 g/mol. The summed E-state index contributed by atoms with van der Waals surface area (Å²) in [5.74, 6) is -0.188. The molecule has 2 aromatic carbocycles. The first-order valence-electron chi connectivity index (χ1n) is 18.9. The van der Waals surface area contributed by atoms with Gasteiger partial charge in [-0.3, -0.25) is 4.98 Å². The molecule has 8 rings (SSSR count). The molecule has 57 heavy (non-hydrogen) atoms. The van der Waals surface area contributed by atoms with Crippen LogP contribution in [0.4, 0.5) is 20.4 Å². The summed E-state index contributed by atoms with van der Waals surface area (Å²) in [6.07, 6.45) is 7.91. The van der Waals surface area contributed by atoms with Gasteiger partial charge in [0.05, 0.1) is 29.3 Å². The van der Waals surface area contributed by atoms with Crippen LogP contribution in [0, 0.1) is 11.6 Å². The monoisotopic (exact) mass is 770 g/mol. The van der Waals surface area contributed by atoms with Crippen molar-refractivity contribution in [3.63, 3.8) is 0 Å². The highest BCUT2D eigenvalue weighted by Crippen LogP contribution is 2.43. The number of hydrogen-bond donors (Lipinski definition) is 2. The van der Waals surface area contributed by atoms with Crippen LogP contribution in [0.1, 0.15) is 78.0 Å². The number of nitrogens with zero attached hydrogens (tertiary/aromatic N) is 8. The summed E-state index contributed by atoms with van der Waals surface area (Å²) in [5.41, 5.74) is 9.96. The van der Waals surface area contributed by atoms with E-state index < -0.39 is 5.97 Å². The molecule has 0 bridgehead atoms. The molecule has 2 aliphatic rings. The molecule has 0 aliphatic carbocycles. The Morgan fingerprint density at radius 3 is 1.51 bits per heavy atom. The molecular formula is C44H44F2N8O3. The van der Waals surface area contributed by atoms with E-state index in [-0.39, 0.29) is 35.6 Å². The second kappa shape index (κ2) is 16.1. The van der Waals surface area contributed by atoms with Gasteiger partial charge in [0, 0.05) is 68.8 Å². The summed E-state index contributed by atoms with van der Waals surface area (Å²) < 4.78 is 27.1. The molecule has 0 saturated carbocycles. The maximum atomic E-state index is 13.6. The summed E-state index contributed by atoms with van der Waals surface area (Å²) in [4.78, 5) is 44.2. The van der Waals surface area contributed by atoms with Crippen molar-refractivity contribution in [2.45, 2.75) is 59.0 Å². The molecule has 4 aromatic heterocycles. The van der Waals surface area contributed by atoms with Gasteiger partial charge in [-0.25, -0.2) is 38.5 Å². The van der Waals surface area contributed by atoms with Crippen LogP contribution in [0.3, 0.4) is 0 Å². The van der Waals surface area contributed by atoms with E-state index in [0.29, 0.717) is 47.0 Å². The van der Waals surface area contributed by atoms with Crippen LogP contribution in [0.25, 0.3) is 45.0 Å². The zero-order valence-corrected chi connectivity index (χ0v) is 32.8. The van der Waals surface area contributed by atoms with Gasteiger partial charge in [0.1, 0.15) is 23.0 Å². The summed E-state index contributed by atoms with van der Waals surface area (Å²) in [7, 11) is 3.92. The molecule has 2 aliphatic heterocycles. The number of fused-ring (bicyclic) bond motifs is 6. The SMILES string of the molecule is CC(C)c1nc2c(c(-c3ccc(F)cc3)c1C(=O)O)CCN(C)c1nccnc1-2.CC(C)c1nc2c(c(-c3ccc(F)cc3)c1CO)CCN(C)c1nccnc1-2. The predicted octanol–water partition coefficient (Wildman–Crippen LogP) is 8.11. The molecule has 0 radical (unpaired) electrons. The summed E-state index contributed by atoms with van der Waals surface area (Å²) in [5, 5.41) is 20.3. The number of rotatable bonds is 6. The van der Waals surface area contributed by atoms with E-state index in [4.69, 9.17) is 9.97 Å². The number of aliphatic hydroxyl groups excluding tert-OH is 1. The van der Waals surface area contributed by atoms with Gasteiger partial charge in [-0.2, -0.15) is 0 Å². The van der Waals surface area contributed by atoms with Crippen LogP contribution < -0.4 is 9.80 Å². The number of carboxylic acids is 1. The summed E-state index contributed by atoms with van der Waals surface area (Å²) in [6, 6.07) is 12.4. The molecule has 13 heteroatoms. The molecule has 0 atom stereocenters. The Morgan fingerprint density at radius 1 is 0.649 bits per heavy atom. The number of aliphatic hydroxyl groups is 1. The summed E-state index contributed by atoms with van der Waals surface area (Å²) >= 11 is 0. The third kappa shape index (κ3) is 7.42. The minimum Gasteiger partial charge on any atom is -0.478 e. The third-order valence-corrected chi connectivity index (χ3v) is 10.4. The Hall–Kier alpha value is -6.21. The maximum absolute atomic E-state index is 13.6. The van der Waals surface area contributed by atoms with Crippen LogP contribution in [0.2, 0.25) is 0 Å². The van der Waals surface area contributed by atoms with E-state index in [1.807, 2.05) is 32.8 Å². The smallest absolute Gasteiger partial charge is 0.338 e. The fourth-order valence-electron chi connectivity index (χ4n) is 7.70. The van der Waals surface area contributed by atoms with Crippen molar-refractivity contribution in [2.24, 2.45) is 0 Å². The number of anilines is 2. The molecule has 2 N–H and O–H groups in total. The van der Waals surface area contributed by atoms with Crippen LogP contribution in [-0.2, 0) is 19.4 Å². The molecule has 0 unspecified atom stereocenters. The normalized spacial score (nSPS) is 13.2. The Bertz CT molecular complexity index is 2460. The number of carboxylic acid groups (broad SMARTS) is 1. The summed E-state index contributed by atoms with van der Waals surface area (Å²) in [6.45, 7) is 9.20. The van der Waals surface area contributed by atoms with Gasteiger partial charge < -0.3 is 20.0 Å². The van der Waals surface area contributed by atoms with Crippen molar-refractivity contribution in [2.75, 3.05) is 37.0 Å². The lowest BCUT2D eigenvalue weighted by Gasteiger charge is -2.21. The van der Waals surface area contributed by atoms with E-state index in [2.05, 4.69) is 38.7 Å². The van der Waals surface area contributed by atoms with Gasteiger partial charge in [0.15, 0.2) is 11.6 Å². The van der Waals surface area contributed by atoms with E-state index in [1.165, 1.54) is 24.3 Å². The second-order valence-corrected chi connectivity index (χ2v) is 14.8. The topological polar surface area (TPSA) is 141 Å². The Labute approximate surface area is 330 Å². The quantitative estimate of drug-likeness (QED) is 0.170. The molecule has 11 nitrogen and oxygen atoms in total. The van der Waals surface area contributed by atoms with Crippen molar-refractivity contribution >= 4 is 17.6 Å². The molecule has 6 aromatic rings. The van der Waals surface area contributed by atoms with Gasteiger partial charge in [-0.05, 0) is 76.8 Å². The average molecular weight is 771 g/mol. The highest BCUT2D eigenvalue weighted by atomic mass is 19.1. The molecule has 0 saturated heterocycles. The minimum atomic E-state index is -1.04. The fraction of sp³-hybridized carbons (Fsp3) is 0.295. The maximum Gasteiger partial charge on any atom is 0.338 e. The number of halogens is 2. The predicted molar refractivity (Wildman–Crippen MR) is 216 cm³/mol. The Kier molecular flexibility index (Phi) is 11.0. The average Bonchev–Trinajstić information content (AvgIpc) is 3.44. The van der Waals surface area contributed by atoms with Crippen molar-refractivity contribution in [3.8, 4) is 45.0 Å². The largest absolute Gasteiger partial charge is 0.478 e. The minimum absolute atomic E-state index is 0.118. The van der Waals surface area contributed by atoms with Crippen molar-refractivity contribution in [1.82, 2.24) is 29.9 Å². The van der Waals surface area contributed by atoms with E-state index in [0.717, 1.165) is 63.7 Å². The second-order valence-electron chi connectivity index (χ2n) is 14.8. The fourth-order valence-corrected chi connectivity index (χ4v) is 7.70. The number of benzene rings is 2. The van der Waals surface area contributed by atoms with E-state index in [9.17, 15) is 23.8 Å². The van der Waals surface area contributed by atoms with Crippen LogP contribution >= 0.6 is 0 Å². The number of aromatic carboxylic acids is 1. The van der Waals surface area contributed by atoms with Gasteiger partial charge in [-0.15, -0.1) is 0 Å². The van der Waals surface area contributed by atoms with E-state index in [1.54, 1.807) is 49.1 Å². The van der Waals surface area contributed by atoms with Crippen molar-refractivity contribution < 1.29 is 23.8 Å². The number of likely N-dealkylation sites (N-methyl/N-ethyl adjacent to an activating group) is 2. The van der Waals surface area contributed by atoms with Gasteiger partial charge in [0.2, 0.25) is 0 Å². The van der Waals surface area contributed by atoms with Crippen LogP contribution in [-0.4, -0.2) is 73.3 Å². The number of carbonyl (C=O) groups is 1. The Morgan fingerprint density at radius 2 is 1.07 bits per heavy atom. The lowest BCUT2D eigenvalue weighted by atomic mass is 9.87. The number of hydrogen-bond acceptors (Lipinski definition) is 10. The highest BCUT2D eigenvalue weighted by Gasteiger charge is 2.31. The van der Waals surface area contributed by atoms with Gasteiger partial charge in [-0.1, -0.05) is 52.0 Å². The molecule has 0 amide bonds. The Balaban J connectivity index is 0.000000174. The molecule has 0 fully saturated rings.